The average Bonchev–Trinajstić information content (AvgIpc) is 2.70. The number of fused-ring (bicyclic) bond motifs is 2. The smallest absolute Gasteiger partial charge is 0.322 e. The Labute approximate surface area is 187 Å². The van der Waals surface area contributed by atoms with Crippen LogP contribution < -0.4 is 0 Å². The van der Waals surface area contributed by atoms with E-state index in [1.165, 1.54) is 0 Å². The Hall–Kier alpha value is -2.53. The van der Waals surface area contributed by atoms with Crippen molar-refractivity contribution < 1.29 is 42.9 Å². The highest BCUT2D eigenvalue weighted by atomic mass is 16.5. The summed E-state index contributed by atoms with van der Waals surface area (Å²) in [5.74, 6) is -3.30. The second-order valence-electron chi connectivity index (χ2n) is 7.83. The van der Waals surface area contributed by atoms with E-state index in [0.717, 1.165) is 0 Å². The lowest BCUT2D eigenvalue weighted by Gasteiger charge is -2.54. The van der Waals surface area contributed by atoms with Crippen LogP contribution in [0.25, 0.3) is 0 Å². The number of esters is 4. The second-order valence-corrected chi connectivity index (χ2v) is 7.83. The Morgan fingerprint density at radius 3 is 1.25 bits per heavy atom. The Bertz CT molecular complexity index is 680. The van der Waals surface area contributed by atoms with Gasteiger partial charge in [-0.05, 0) is 27.7 Å². The summed E-state index contributed by atoms with van der Waals surface area (Å²) in [6, 6.07) is 0. The third-order valence-corrected chi connectivity index (χ3v) is 5.49. The largest absolute Gasteiger partial charge is 0.465 e. The number of carbonyl (C=O) groups is 5. The Morgan fingerprint density at radius 1 is 0.656 bits per heavy atom. The minimum atomic E-state index is -1.77. The highest BCUT2D eigenvalue weighted by Crippen LogP contribution is 2.44. The van der Waals surface area contributed by atoms with E-state index in [0.29, 0.717) is 0 Å². The van der Waals surface area contributed by atoms with Crippen molar-refractivity contribution in [3.05, 3.63) is 0 Å². The normalized spacial score (nSPS) is 25.7. The van der Waals surface area contributed by atoms with Gasteiger partial charge in [-0.3, -0.25) is 33.8 Å². The van der Waals surface area contributed by atoms with Crippen LogP contribution in [-0.2, 0) is 42.9 Å². The van der Waals surface area contributed by atoms with Gasteiger partial charge in [-0.15, -0.1) is 0 Å². The molecule has 0 radical (unpaired) electrons. The number of Topliss-reactive ketones (excluding diaryl/α,β-unsaturated/α-hetero) is 1. The van der Waals surface area contributed by atoms with Gasteiger partial charge in [0.05, 0.1) is 39.5 Å². The van der Waals surface area contributed by atoms with Gasteiger partial charge in [0.25, 0.3) is 0 Å². The SMILES string of the molecule is CCOC(=O)CN1CC2(C(=O)OCC)CN(CC(=O)OCC)CC(C(=O)OCC)(C1)C2=O. The first-order valence-electron chi connectivity index (χ1n) is 10.8. The van der Waals surface area contributed by atoms with E-state index in [-0.39, 0.29) is 65.7 Å². The molecule has 0 N–H and O–H groups in total. The standard InChI is InChI=1S/C21H32N2O9/c1-5-29-15(24)9-22-11-20(18(27)31-7-3)13-23(10-16(25)30-6-2)14-21(12-22,17(20)26)19(28)32-8-4/h5-14H2,1-4H3. The summed E-state index contributed by atoms with van der Waals surface area (Å²) in [6.07, 6.45) is 0. The van der Waals surface area contributed by atoms with E-state index >= 15 is 0 Å². The maximum atomic E-state index is 13.7. The van der Waals surface area contributed by atoms with Crippen molar-refractivity contribution in [3.63, 3.8) is 0 Å². The number of carbonyl (C=O) groups excluding carboxylic acids is 5. The van der Waals surface area contributed by atoms with Gasteiger partial charge in [0.2, 0.25) is 0 Å². The molecule has 0 aromatic carbocycles. The zero-order valence-corrected chi connectivity index (χ0v) is 19.1. The fourth-order valence-corrected chi connectivity index (χ4v) is 4.47. The van der Waals surface area contributed by atoms with Crippen LogP contribution in [0.4, 0.5) is 0 Å². The molecule has 2 bridgehead atoms. The van der Waals surface area contributed by atoms with Crippen molar-refractivity contribution in [2.24, 2.45) is 10.8 Å². The lowest BCUT2D eigenvalue weighted by molar-refractivity contribution is -0.192. The molecule has 0 aromatic heterocycles. The van der Waals surface area contributed by atoms with Gasteiger partial charge in [-0.1, -0.05) is 0 Å². The summed E-state index contributed by atoms with van der Waals surface area (Å²) < 4.78 is 20.4. The van der Waals surface area contributed by atoms with Crippen molar-refractivity contribution in [3.8, 4) is 0 Å². The van der Waals surface area contributed by atoms with Gasteiger partial charge in [-0.25, -0.2) is 0 Å². The van der Waals surface area contributed by atoms with Crippen molar-refractivity contribution >= 4 is 29.7 Å². The number of ether oxygens (including phenoxy) is 4. The molecule has 180 valence electrons. The molecule has 11 heteroatoms. The third kappa shape index (κ3) is 5.09. The number of likely N-dealkylation sites (tertiary alicyclic amines) is 2. The van der Waals surface area contributed by atoms with Crippen LogP contribution in [0.1, 0.15) is 27.7 Å². The first-order valence-corrected chi connectivity index (χ1v) is 10.8. The third-order valence-electron chi connectivity index (χ3n) is 5.49. The molecule has 32 heavy (non-hydrogen) atoms. The van der Waals surface area contributed by atoms with Crippen molar-refractivity contribution in [2.45, 2.75) is 27.7 Å². The van der Waals surface area contributed by atoms with Gasteiger partial charge >= 0.3 is 23.9 Å². The minimum Gasteiger partial charge on any atom is -0.465 e. The Morgan fingerprint density at radius 2 is 0.969 bits per heavy atom. The predicted octanol–water partition coefficient (Wildman–Crippen LogP) is -0.588. The summed E-state index contributed by atoms with van der Waals surface area (Å²) >= 11 is 0. The van der Waals surface area contributed by atoms with Gasteiger partial charge in [0, 0.05) is 26.2 Å². The van der Waals surface area contributed by atoms with E-state index in [1.54, 1.807) is 37.5 Å². The molecule has 2 rings (SSSR count). The van der Waals surface area contributed by atoms with Crippen LogP contribution in [0.15, 0.2) is 0 Å². The average molecular weight is 456 g/mol. The molecule has 0 aromatic rings. The summed E-state index contributed by atoms with van der Waals surface area (Å²) in [5.41, 5.74) is -3.53. The molecule has 0 amide bonds. The Balaban J connectivity index is 2.51. The molecule has 0 atom stereocenters. The molecule has 2 fully saturated rings. The topological polar surface area (TPSA) is 129 Å². The first kappa shape index (κ1) is 25.7. The highest BCUT2D eigenvalue weighted by Gasteiger charge is 2.68. The van der Waals surface area contributed by atoms with Crippen LogP contribution in [0.5, 0.6) is 0 Å². The van der Waals surface area contributed by atoms with Crippen LogP contribution in [0, 0.1) is 10.8 Å². The summed E-state index contributed by atoms with van der Waals surface area (Å²) in [6.45, 7) is 5.93. The molecule has 0 unspecified atom stereocenters. The lowest BCUT2D eigenvalue weighted by atomic mass is 9.62. The van der Waals surface area contributed by atoms with Gasteiger partial charge in [0.15, 0.2) is 16.6 Å². The molecule has 0 aliphatic carbocycles. The zero-order chi connectivity index (χ0) is 23.9. The summed E-state index contributed by atoms with van der Waals surface area (Å²) in [5, 5.41) is 0. The summed E-state index contributed by atoms with van der Waals surface area (Å²) in [4.78, 5) is 67.3. The van der Waals surface area contributed by atoms with Crippen LogP contribution in [-0.4, -0.2) is 105 Å². The molecule has 2 aliphatic heterocycles. The van der Waals surface area contributed by atoms with E-state index < -0.39 is 40.5 Å². The number of hydrogen-bond donors (Lipinski definition) is 0. The van der Waals surface area contributed by atoms with Crippen LogP contribution in [0.3, 0.4) is 0 Å². The molecule has 0 spiro atoms. The van der Waals surface area contributed by atoms with Crippen molar-refractivity contribution in [2.75, 3.05) is 65.7 Å². The number of piperidine rings is 2. The molecule has 11 nitrogen and oxygen atoms in total. The number of ketones is 1. The minimum absolute atomic E-state index is 0.0238. The first-order chi connectivity index (χ1) is 15.2. The molecule has 2 heterocycles. The molecule has 2 aliphatic rings. The van der Waals surface area contributed by atoms with Crippen LogP contribution in [0.2, 0.25) is 0 Å². The van der Waals surface area contributed by atoms with E-state index in [4.69, 9.17) is 18.9 Å². The number of nitrogens with zero attached hydrogens (tertiary/aromatic N) is 2. The number of rotatable bonds is 10. The van der Waals surface area contributed by atoms with Gasteiger partial charge in [-0.2, -0.15) is 0 Å². The fourth-order valence-electron chi connectivity index (χ4n) is 4.47. The van der Waals surface area contributed by atoms with Crippen molar-refractivity contribution in [1.82, 2.24) is 9.80 Å². The maximum absolute atomic E-state index is 13.7. The molecule has 0 saturated carbocycles. The van der Waals surface area contributed by atoms with E-state index in [1.807, 2.05) is 0 Å². The maximum Gasteiger partial charge on any atom is 0.322 e. The zero-order valence-electron chi connectivity index (χ0n) is 19.1. The number of hydrogen-bond acceptors (Lipinski definition) is 11. The highest BCUT2D eigenvalue weighted by molar-refractivity contribution is 6.17. The lowest BCUT2D eigenvalue weighted by Crippen LogP contribution is -2.75. The van der Waals surface area contributed by atoms with Gasteiger partial charge < -0.3 is 18.9 Å². The monoisotopic (exact) mass is 456 g/mol. The molecular weight excluding hydrogens is 424 g/mol. The summed E-state index contributed by atoms with van der Waals surface area (Å²) in [7, 11) is 0. The van der Waals surface area contributed by atoms with Gasteiger partial charge in [0.1, 0.15) is 0 Å². The molecular formula is C21H32N2O9. The fraction of sp³-hybridized carbons (Fsp3) is 0.762. The van der Waals surface area contributed by atoms with E-state index in [2.05, 4.69) is 0 Å². The molecule has 2 saturated heterocycles. The van der Waals surface area contributed by atoms with Crippen LogP contribution >= 0.6 is 0 Å². The quantitative estimate of drug-likeness (QED) is 0.238. The predicted molar refractivity (Wildman–Crippen MR) is 109 cm³/mol. The Kier molecular flexibility index (Phi) is 8.73. The van der Waals surface area contributed by atoms with E-state index in [9.17, 15) is 24.0 Å². The second kappa shape index (κ2) is 10.9. The van der Waals surface area contributed by atoms with Crippen molar-refractivity contribution in [1.29, 1.82) is 0 Å².